The van der Waals surface area contributed by atoms with Crippen molar-refractivity contribution in [3.05, 3.63) is 29.3 Å². The third-order valence-electron chi connectivity index (χ3n) is 2.70. The number of carbonyl (C=O) groups is 3. The van der Waals surface area contributed by atoms with Crippen LogP contribution in [0.5, 0.6) is 0 Å². The minimum Gasteiger partial charge on any atom is -0.356 e. The molecule has 0 unspecified atom stereocenters. The van der Waals surface area contributed by atoms with Gasteiger partial charge in [0, 0.05) is 12.6 Å². The SMILES string of the molecule is NNOC(=O)CCN1C(=O)C(=O)c2c(F)cc(F)cc21. The first-order valence-corrected chi connectivity index (χ1v) is 5.46. The summed E-state index contributed by atoms with van der Waals surface area (Å²) >= 11 is 0. The Morgan fingerprint density at radius 2 is 2.05 bits per heavy atom. The number of halogens is 2. The van der Waals surface area contributed by atoms with E-state index < -0.39 is 34.9 Å². The van der Waals surface area contributed by atoms with E-state index in [2.05, 4.69) is 4.84 Å². The second-order valence-electron chi connectivity index (χ2n) is 3.91. The van der Waals surface area contributed by atoms with Gasteiger partial charge >= 0.3 is 5.97 Å². The molecule has 0 radical (unpaired) electrons. The highest BCUT2D eigenvalue weighted by Crippen LogP contribution is 2.32. The largest absolute Gasteiger partial charge is 0.356 e. The van der Waals surface area contributed by atoms with E-state index in [4.69, 9.17) is 5.84 Å². The highest BCUT2D eigenvalue weighted by Gasteiger charge is 2.38. The van der Waals surface area contributed by atoms with Gasteiger partial charge in [-0.15, -0.1) is 0 Å². The highest BCUT2D eigenvalue weighted by atomic mass is 19.1. The number of fused-ring (bicyclic) bond motifs is 1. The number of ketones is 1. The maximum atomic E-state index is 13.5. The van der Waals surface area contributed by atoms with Gasteiger partial charge in [-0.2, -0.15) is 0 Å². The molecule has 0 bridgehead atoms. The third-order valence-corrected chi connectivity index (χ3v) is 2.70. The summed E-state index contributed by atoms with van der Waals surface area (Å²) in [5, 5.41) is 0. The van der Waals surface area contributed by atoms with Crippen LogP contribution in [-0.4, -0.2) is 24.2 Å². The Kier molecular flexibility index (Phi) is 3.72. The molecular weight excluding hydrogens is 276 g/mol. The summed E-state index contributed by atoms with van der Waals surface area (Å²) in [6.45, 7) is -0.263. The molecule has 9 heteroatoms. The number of hydrogen-bond acceptors (Lipinski definition) is 6. The lowest BCUT2D eigenvalue weighted by Crippen LogP contribution is -2.33. The van der Waals surface area contributed by atoms with Crippen molar-refractivity contribution in [1.82, 2.24) is 5.59 Å². The second-order valence-corrected chi connectivity index (χ2v) is 3.91. The average Bonchev–Trinajstić information content (AvgIpc) is 2.60. The van der Waals surface area contributed by atoms with Crippen molar-refractivity contribution in [1.29, 1.82) is 0 Å². The molecule has 0 fully saturated rings. The van der Waals surface area contributed by atoms with Gasteiger partial charge in [-0.05, 0) is 6.07 Å². The normalized spacial score (nSPS) is 13.7. The van der Waals surface area contributed by atoms with E-state index in [-0.39, 0.29) is 18.7 Å². The van der Waals surface area contributed by atoms with Crippen LogP contribution < -0.4 is 16.3 Å². The molecule has 0 spiro atoms. The van der Waals surface area contributed by atoms with Gasteiger partial charge in [-0.1, -0.05) is 5.59 Å². The first-order valence-electron chi connectivity index (χ1n) is 5.46. The minimum atomic E-state index is -1.12. The zero-order valence-electron chi connectivity index (χ0n) is 9.98. The predicted octanol–water partition coefficient (Wildman–Crippen LogP) is -0.194. The fourth-order valence-electron chi connectivity index (χ4n) is 1.88. The standard InChI is InChI=1S/C11H9F2N3O4/c12-5-3-6(13)9-7(4-5)16(11(19)10(9)18)2-1-8(17)20-15-14/h3-4,15H,1-2,14H2. The van der Waals surface area contributed by atoms with Crippen LogP contribution in [0.3, 0.4) is 0 Å². The predicted molar refractivity (Wildman–Crippen MR) is 61.1 cm³/mol. The van der Waals surface area contributed by atoms with Crippen molar-refractivity contribution in [2.24, 2.45) is 5.84 Å². The fourth-order valence-corrected chi connectivity index (χ4v) is 1.88. The molecule has 3 N–H and O–H groups in total. The van der Waals surface area contributed by atoms with Gasteiger partial charge in [0.15, 0.2) is 0 Å². The highest BCUT2D eigenvalue weighted by molar-refractivity contribution is 6.52. The monoisotopic (exact) mass is 285 g/mol. The maximum absolute atomic E-state index is 13.5. The van der Waals surface area contributed by atoms with Crippen LogP contribution in [0.2, 0.25) is 0 Å². The number of hydrazine groups is 1. The molecule has 7 nitrogen and oxygen atoms in total. The number of nitrogens with zero attached hydrogens (tertiary/aromatic N) is 1. The van der Waals surface area contributed by atoms with E-state index in [1.165, 1.54) is 0 Å². The first-order chi connectivity index (χ1) is 9.45. The number of nitrogens with two attached hydrogens (primary N) is 1. The molecule has 0 atom stereocenters. The molecule has 2 rings (SSSR count). The van der Waals surface area contributed by atoms with E-state index in [0.717, 1.165) is 11.0 Å². The van der Waals surface area contributed by atoms with Crippen molar-refractivity contribution in [2.75, 3.05) is 11.4 Å². The van der Waals surface area contributed by atoms with Gasteiger partial charge in [0.1, 0.15) is 11.6 Å². The van der Waals surface area contributed by atoms with Crippen molar-refractivity contribution in [3.8, 4) is 0 Å². The second kappa shape index (κ2) is 5.31. The molecule has 1 aliphatic heterocycles. The van der Waals surface area contributed by atoms with E-state index >= 15 is 0 Å². The topological polar surface area (TPSA) is 102 Å². The summed E-state index contributed by atoms with van der Waals surface area (Å²) < 4.78 is 26.7. The molecule has 1 aliphatic rings. The Morgan fingerprint density at radius 1 is 1.35 bits per heavy atom. The quantitative estimate of drug-likeness (QED) is 0.451. The van der Waals surface area contributed by atoms with Gasteiger partial charge in [0.25, 0.3) is 11.7 Å². The Labute approximate surface area is 111 Å². The first kappa shape index (κ1) is 14.0. The molecule has 0 aromatic heterocycles. The van der Waals surface area contributed by atoms with Crippen molar-refractivity contribution in [3.63, 3.8) is 0 Å². The molecule has 0 saturated heterocycles. The van der Waals surface area contributed by atoms with E-state index in [9.17, 15) is 23.2 Å². The Bertz CT molecular complexity index is 606. The molecule has 106 valence electrons. The summed E-state index contributed by atoms with van der Waals surface area (Å²) in [6, 6.07) is 1.37. The fraction of sp³-hybridized carbons (Fsp3) is 0.182. The number of Topliss-reactive ketones (excluding diaryl/α,β-unsaturated/α-hetero) is 1. The van der Waals surface area contributed by atoms with Crippen molar-refractivity contribution < 1.29 is 28.0 Å². The molecule has 0 aliphatic carbocycles. The van der Waals surface area contributed by atoms with Crippen LogP contribution >= 0.6 is 0 Å². The number of rotatable bonds is 4. The summed E-state index contributed by atoms with van der Waals surface area (Å²) in [4.78, 5) is 39.4. The summed E-state index contributed by atoms with van der Waals surface area (Å²) in [5.41, 5.74) is 0.959. The Morgan fingerprint density at radius 3 is 2.70 bits per heavy atom. The molecule has 20 heavy (non-hydrogen) atoms. The zero-order chi connectivity index (χ0) is 14.9. The van der Waals surface area contributed by atoms with Crippen LogP contribution in [0.25, 0.3) is 0 Å². The molecule has 0 saturated carbocycles. The summed E-state index contributed by atoms with van der Waals surface area (Å²) in [5.74, 6) is -0.201. The van der Waals surface area contributed by atoms with Crippen LogP contribution in [0.1, 0.15) is 16.8 Å². The smallest absolute Gasteiger partial charge is 0.328 e. The lowest BCUT2D eigenvalue weighted by Gasteiger charge is -2.15. The van der Waals surface area contributed by atoms with Gasteiger partial charge in [0.2, 0.25) is 0 Å². The summed E-state index contributed by atoms with van der Waals surface area (Å²) in [6.07, 6.45) is -0.305. The van der Waals surface area contributed by atoms with Crippen LogP contribution in [-0.2, 0) is 14.4 Å². The number of benzene rings is 1. The third kappa shape index (κ3) is 2.36. The lowest BCUT2D eigenvalue weighted by molar-refractivity contribution is -0.150. The van der Waals surface area contributed by atoms with E-state index in [1.807, 2.05) is 0 Å². The van der Waals surface area contributed by atoms with Gasteiger partial charge in [-0.3, -0.25) is 14.4 Å². The molecule has 1 aromatic rings. The zero-order valence-corrected chi connectivity index (χ0v) is 9.98. The number of amides is 1. The van der Waals surface area contributed by atoms with Crippen molar-refractivity contribution in [2.45, 2.75) is 6.42 Å². The van der Waals surface area contributed by atoms with Gasteiger partial charge in [-0.25, -0.2) is 14.6 Å². The molecular formula is C11H9F2N3O4. The Balaban J connectivity index is 2.27. The van der Waals surface area contributed by atoms with Gasteiger partial charge in [0.05, 0.1) is 17.7 Å². The number of hydrogen-bond donors (Lipinski definition) is 2. The van der Waals surface area contributed by atoms with Crippen LogP contribution in [0, 0.1) is 11.6 Å². The van der Waals surface area contributed by atoms with Gasteiger partial charge < -0.3 is 9.74 Å². The van der Waals surface area contributed by atoms with E-state index in [1.54, 1.807) is 5.59 Å². The molecule has 1 heterocycles. The minimum absolute atomic E-state index is 0.203. The molecule has 1 aromatic carbocycles. The number of carbonyl (C=O) groups excluding carboxylic acids is 3. The van der Waals surface area contributed by atoms with Crippen molar-refractivity contribution >= 4 is 23.3 Å². The number of nitrogens with one attached hydrogen (secondary N) is 1. The molecule has 1 amide bonds. The lowest BCUT2D eigenvalue weighted by atomic mass is 10.1. The van der Waals surface area contributed by atoms with Crippen LogP contribution in [0.4, 0.5) is 14.5 Å². The average molecular weight is 285 g/mol. The maximum Gasteiger partial charge on any atom is 0.328 e. The summed E-state index contributed by atoms with van der Waals surface area (Å²) in [7, 11) is 0. The van der Waals surface area contributed by atoms with E-state index in [0.29, 0.717) is 6.07 Å². The number of anilines is 1. The van der Waals surface area contributed by atoms with Crippen LogP contribution in [0.15, 0.2) is 12.1 Å². The Hall–Kier alpha value is -2.39.